The maximum atomic E-state index is 12.3. The molecule has 1 heterocycles. The molecular weight excluding hydrogens is 316 g/mol. The highest BCUT2D eigenvalue weighted by Crippen LogP contribution is 2.27. The summed E-state index contributed by atoms with van der Waals surface area (Å²) in [5.41, 5.74) is 1.21. The second-order valence-corrected chi connectivity index (χ2v) is 6.89. The van der Waals surface area contributed by atoms with Crippen LogP contribution in [0.1, 0.15) is 29.1 Å². The first-order chi connectivity index (χ1) is 9.83. The largest absolute Gasteiger partial charge is 0.476 e. The Morgan fingerprint density at radius 2 is 2.05 bits per heavy atom. The van der Waals surface area contributed by atoms with Gasteiger partial charge in [0.2, 0.25) is 0 Å². The van der Waals surface area contributed by atoms with Crippen LogP contribution in [0.15, 0.2) is 34.0 Å². The van der Waals surface area contributed by atoms with Crippen molar-refractivity contribution in [3.05, 3.63) is 41.0 Å². The number of carbonyl (C=O) groups is 1. The SMILES string of the molecule is CC(O)c1ccccc1NS(=O)(=O)c1scnc1C(=O)O. The molecule has 2 rings (SSSR count). The molecule has 0 amide bonds. The zero-order valence-electron chi connectivity index (χ0n) is 10.8. The summed E-state index contributed by atoms with van der Waals surface area (Å²) >= 11 is 0.713. The van der Waals surface area contributed by atoms with Crippen LogP contribution in [0, 0.1) is 0 Å². The predicted molar refractivity (Wildman–Crippen MR) is 77.0 cm³/mol. The Labute approximate surface area is 125 Å². The number of aliphatic hydroxyl groups is 1. The molecule has 0 aliphatic heterocycles. The Kier molecular flexibility index (Phi) is 4.26. The van der Waals surface area contributed by atoms with Gasteiger partial charge in [-0.2, -0.15) is 0 Å². The van der Waals surface area contributed by atoms with Crippen LogP contribution < -0.4 is 4.72 Å². The van der Waals surface area contributed by atoms with E-state index in [1.807, 2.05) is 0 Å². The van der Waals surface area contributed by atoms with Gasteiger partial charge in [0.25, 0.3) is 10.0 Å². The predicted octanol–water partition coefficient (Wildman–Crippen LogP) is 1.70. The number of aliphatic hydroxyl groups excluding tert-OH is 1. The standard InChI is InChI=1S/C12H12N2O5S2/c1-7(15)8-4-2-3-5-9(8)14-21(18,19)12-10(11(16)17)13-6-20-12/h2-7,14-15H,1H3,(H,16,17). The number of anilines is 1. The molecule has 0 saturated heterocycles. The van der Waals surface area contributed by atoms with E-state index < -0.39 is 27.8 Å². The van der Waals surface area contributed by atoms with Gasteiger partial charge in [-0.05, 0) is 13.0 Å². The minimum absolute atomic E-state index is 0.192. The summed E-state index contributed by atoms with van der Waals surface area (Å²) in [5.74, 6) is -1.42. The summed E-state index contributed by atoms with van der Waals surface area (Å²) in [4.78, 5) is 14.5. The van der Waals surface area contributed by atoms with Crippen molar-refractivity contribution >= 4 is 33.0 Å². The minimum atomic E-state index is -4.09. The third-order valence-electron chi connectivity index (χ3n) is 2.64. The van der Waals surface area contributed by atoms with Gasteiger partial charge < -0.3 is 10.2 Å². The molecule has 7 nitrogen and oxygen atoms in total. The monoisotopic (exact) mass is 328 g/mol. The third kappa shape index (κ3) is 3.20. The van der Waals surface area contributed by atoms with E-state index in [2.05, 4.69) is 9.71 Å². The molecule has 0 saturated carbocycles. The average Bonchev–Trinajstić information content (AvgIpc) is 2.88. The molecule has 21 heavy (non-hydrogen) atoms. The van der Waals surface area contributed by atoms with Gasteiger partial charge >= 0.3 is 5.97 Å². The van der Waals surface area contributed by atoms with E-state index in [0.717, 1.165) is 5.51 Å². The molecule has 1 unspecified atom stereocenters. The first kappa shape index (κ1) is 15.4. The third-order valence-corrected chi connectivity index (χ3v) is 5.37. The van der Waals surface area contributed by atoms with Gasteiger partial charge in [-0.25, -0.2) is 18.2 Å². The first-order valence-corrected chi connectivity index (χ1v) is 8.16. The van der Waals surface area contributed by atoms with Gasteiger partial charge in [-0.15, -0.1) is 11.3 Å². The fraction of sp³-hybridized carbons (Fsp3) is 0.167. The number of carboxylic acids is 1. The van der Waals surface area contributed by atoms with Crippen LogP contribution >= 0.6 is 11.3 Å². The Morgan fingerprint density at radius 3 is 2.67 bits per heavy atom. The number of sulfonamides is 1. The molecule has 2 aromatic rings. The lowest BCUT2D eigenvalue weighted by Gasteiger charge is -2.13. The Hall–Kier alpha value is -1.97. The highest BCUT2D eigenvalue weighted by molar-refractivity contribution is 7.94. The quantitative estimate of drug-likeness (QED) is 0.769. The zero-order valence-corrected chi connectivity index (χ0v) is 12.5. The van der Waals surface area contributed by atoms with Gasteiger partial charge in [0.15, 0.2) is 9.90 Å². The number of benzene rings is 1. The molecule has 0 radical (unpaired) electrons. The number of carboxylic acid groups (broad SMARTS) is 1. The van der Waals surface area contributed by atoms with E-state index in [-0.39, 0.29) is 9.90 Å². The van der Waals surface area contributed by atoms with Crippen molar-refractivity contribution in [1.82, 2.24) is 4.98 Å². The Balaban J connectivity index is 2.43. The molecule has 0 aliphatic rings. The van der Waals surface area contributed by atoms with E-state index in [1.165, 1.54) is 13.0 Å². The second-order valence-electron chi connectivity index (χ2n) is 4.16. The number of aromatic nitrogens is 1. The lowest BCUT2D eigenvalue weighted by atomic mass is 10.1. The summed E-state index contributed by atoms with van der Waals surface area (Å²) < 4.78 is 26.5. The van der Waals surface area contributed by atoms with Crippen molar-refractivity contribution < 1.29 is 23.4 Å². The highest BCUT2D eigenvalue weighted by atomic mass is 32.2. The van der Waals surface area contributed by atoms with Crippen molar-refractivity contribution in [3.63, 3.8) is 0 Å². The average molecular weight is 328 g/mol. The van der Waals surface area contributed by atoms with Gasteiger partial charge in [-0.1, -0.05) is 18.2 Å². The molecule has 1 atom stereocenters. The molecule has 9 heteroatoms. The maximum absolute atomic E-state index is 12.3. The summed E-state index contributed by atoms with van der Waals surface area (Å²) in [5, 5.41) is 18.6. The van der Waals surface area contributed by atoms with Crippen molar-refractivity contribution in [3.8, 4) is 0 Å². The number of nitrogens with zero attached hydrogens (tertiary/aromatic N) is 1. The lowest BCUT2D eigenvalue weighted by molar-refractivity contribution is 0.0687. The van der Waals surface area contributed by atoms with Gasteiger partial charge in [0.05, 0.1) is 17.3 Å². The minimum Gasteiger partial charge on any atom is -0.476 e. The van der Waals surface area contributed by atoms with Crippen molar-refractivity contribution in [1.29, 1.82) is 0 Å². The smallest absolute Gasteiger partial charge is 0.356 e. The molecule has 0 bridgehead atoms. The zero-order chi connectivity index (χ0) is 15.6. The number of rotatable bonds is 5. The van der Waals surface area contributed by atoms with Crippen LogP contribution in [-0.2, 0) is 10.0 Å². The molecular formula is C12H12N2O5S2. The Bertz CT molecular complexity index is 767. The van der Waals surface area contributed by atoms with E-state index >= 15 is 0 Å². The molecule has 112 valence electrons. The topological polar surface area (TPSA) is 117 Å². The van der Waals surface area contributed by atoms with Crippen LogP contribution in [0.5, 0.6) is 0 Å². The van der Waals surface area contributed by atoms with Crippen LogP contribution in [0.4, 0.5) is 5.69 Å². The molecule has 0 aliphatic carbocycles. The van der Waals surface area contributed by atoms with E-state index in [4.69, 9.17) is 5.11 Å². The van der Waals surface area contributed by atoms with Gasteiger partial charge in [0, 0.05) is 5.56 Å². The lowest BCUT2D eigenvalue weighted by Crippen LogP contribution is -2.16. The van der Waals surface area contributed by atoms with E-state index in [1.54, 1.807) is 18.2 Å². The molecule has 3 N–H and O–H groups in total. The number of aromatic carboxylic acids is 1. The molecule has 0 spiro atoms. The van der Waals surface area contributed by atoms with Crippen LogP contribution in [-0.4, -0.2) is 29.6 Å². The van der Waals surface area contributed by atoms with Crippen molar-refractivity contribution in [2.24, 2.45) is 0 Å². The molecule has 1 aromatic carbocycles. The number of hydrogen-bond donors (Lipinski definition) is 3. The summed E-state index contributed by atoms with van der Waals surface area (Å²) in [6.07, 6.45) is -0.871. The fourth-order valence-electron chi connectivity index (χ4n) is 1.71. The number of hydrogen-bond acceptors (Lipinski definition) is 6. The normalized spacial score (nSPS) is 12.9. The second kappa shape index (κ2) is 5.80. The number of para-hydroxylation sites is 1. The highest BCUT2D eigenvalue weighted by Gasteiger charge is 2.26. The van der Waals surface area contributed by atoms with Gasteiger partial charge in [-0.3, -0.25) is 4.72 Å². The van der Waals surface area contributed by atoms with Crippen molar-refractivity contribution in [2.75, 3.05) is 4.72 Å². The Morgan fingerprint density at radius 1 is 1.38 bits per heavy atom. The first-order valence-electron chi connectivity index (χ1n) is 5.79. The van der Waals surface area contributed by atoms with Crippen LogP contribution in [0.2, 0.25) is 0 Å². The number of nitrogens with one attached hydrogen (secondary N) is 1. The van der Waals surface area contributed by atoms with Crippen LogP contribution in [0.25, 0.3) is 0 Å². The summed E-state index contributed by atoms with van der Waals surface area (Å²) in [7, 11) is -4.09. The van der Waals surface area contributed by atoms with Crippen LogP contribution in [0.3, 0.4) is 0 Å². The molecule has 0 fully saturated rings. The number of thiazole rings is 1. The van der Waals surface area contributed by atoms with E-state index in [0.29, 0.717) is 16.9 Å². The maximum Gasteiger partial charge on any atom is 0.356 e. The summed E-state index contributed by atoms with van der Waals surface area (Å²) in [6, 6.07) is 6.33. The van der Waals surface area contributed by atoms with Crippen molar-refractivity contribution in [2.45, 2.75) is 17.2 Å². The van der Waals surface area contributed by atoms with Gasteiger partial charge in [0.1, 0.15) is 0 Å². The molecule has 1 aromatic heterocycles. The fourth-order valence-corrected chi connectivity index (χ4v) is 3.94. The summed E-state index contributed by atoms with van der Waals surface area (Å²) in [6.45, 7) is 1.50. The van der Waals surface area contributed by atoms with E-state index in [9.17, 15) is 18.3 Å².